The van der Waals surface area contributed by atoms with Crippen LogP contribution in [-0.4, -0.2) is 28.6 Å². The molecule has 1 amide bonds. The summed E-state index contributed by atoms with van der Waals surface area (Å²) < 4.78 is 10.3. The quantitative estimate of drug-likeness (QED) is 0.382. The van der Waals surface area contributed by atoms with Crippen molar-refractivity contribution in [2.45, 2.75) is 46.3 Å². The normalized spacial score (nSPS) is 12.4. The Kier molecular flexibility index (Phi) is 6.27. The molecule has 24 heavy (non-hydrogen) atoms. The van der Waals surface area contributed by atoms with Crippen LogP contribution in [0.25, 0.3) is 0 Å². The number of nitrogens with zero attached hydrogens (tertiary/aromatic N) is 1. The van der Waals surface area contributed by atoms with Gasteiger partial charge in [0.15, 0.2) is 0 Å². The lowest BCUT2D eigenvalue weighted by atomic mass is 10.1. The minimum Gasteiger partial charge on any atom is -0.444 e. The van der Waals surface area contributed by atoms with Crippen LogP contribution in [0.2, 0.25) is 0 Å². The summed E-state index contributed by atoms with van der Waals surface area (Å²) in [4.78, 5) is 34.1. The summed E-state index contributed by atoms with van der Waals surface area (Å²) in [7, 11) is 0. The molecule has 0 aliphatic carbocycles. The van der Waals surface area contributed by atoms with Gasteiger partial charge in [0.25, 0.3) is 5.69 Å². The van der Waals surface area contributed by atoms with Crippen molar-refractivity contribution in [1.29, 1.82) is 0 Å². The van der Waals surface area contributed by atoms with Crippen molar-refractivity contribution in [2.75, 3.05) is 0 Å². The smallest absolute Gasteiger partial charge is 0.408 e. The fourth-order valence-corrected chi connectivity index (χ4v) is 1.75. The molecule has 132 valence electrons. The highest BCUT2D eigenvalue weighted by molar-refractivity contribution is 5.83. The fraction of sp³-hybridized carbons (Fsp3) is 0.500. The van der Waals surface area contributed by atoms with Crippen molar-refractivity contribution in [2.24, 2.45) is 5.92 Å². The zero-order chi connectivity index (χ0) is 18.5. The Labute approximate surface area is 140 Å². The number of benzene rings is 1. The maximum Gasteiger partial charge on any atom is 0.408 e. The molecule has 0 aromatic heterocycles. The van der Waals surface area contributed by atoms with Crippen LogP contribution in [0, 0.1) is 16.0 Å². The summed E-state index contributed by atoms with van der Waals surface area (Å²) in [6.07, 6.45) is -0.721. The number of alkyl carbamates (subject to hydrolysis) is 1. The van der Waals surface area contributed by atoms with E-state index in [9.17, 15) is 19.7 Å². The van der Waals surface area contributed by atoms with Crippen LogP contribution in [0.15, 0.2) is 24.3 Å². The van der Waals surface area contributed by atoms with Gasteiger partial charge in [0.1, 0.15) is 17.4 Å². The van der Waals surface area contributed by atoms with Crippen molar-refractivity contribution < 1.29 is 24.0 Å². The number of esters is 1. The van der Waals surface area contributed by atoms with Crippen LogP contribution in [0.4, 0.5) is 10.5 Å². The molecular formula is C16H22N2O6. The summed E-state index contributed by atoms with van der Waals surface area (Å²) in [6, 6.07) is 4.19. The monoisotopic (exact) mass is 338 g/mol. The number of hydrogen-bond donors (Lipinski definition) is 1. The molecule has 0 aliphatic rings. The lowest BCUT2D eigenvalue weighted by molar-refractivity contribution is -0.384. The molecule has 1 atom stereocenters. The highest BCUT2D eigenvalue weighted by Gasteiger charge is 2.28. The van der Waals surface area contributed by atoms with Gasteiger partial charge in [-0.15, -0.1) is 0 Å². The predicted octanol–water partition coefficient (Wildman–Crippen LogP) is 3.05. The first-order chi connectivity index (χ1) is 11.0. The molecule has 0 bridgehead atoms. The molecule has 1 N–H and O–H groups in total. The first kappa shape index (κ1) is 19.4. The zero-order valence-electron chi connectivity index (χ0n) is 14.4. The number of carbonyl (C=O) groups is 2. The van der Waals surface area contributed by atoms with Crippen molar-refractivity contribution in [1.82, 2.24) is 5.32 Å². The first-order valence-corrected chi connectivity index (χ1v) is 7.45. The second-order valence-corrected chi connectivity index (χ2v) is 6.54. The number of nitrogens with one attached hydrogen (secondary N) is 1. The van der Waals surface area contributed by atoms with E-state index in [0.717, 1.165) is 0 Å². The Morgan fingerprint density at radius 1 is 1.17 bits per heavy atom. The number of rotatable bonds is 5. The maximum absolute atomic E-state index is 12.2. The highest BCUT2D eigenvalue weighted by Crippen LogP contribution is 2.18. The van der Waals surface area contributed by atoms with Crippen molar-refractivity contribution >= 4 is 17.7 Å². The van der Waals surface area contributed by atoms with Gasteiger partial charge in [0.05, 0.1) is 4.92 Å². The van der Waals surface area contributed by atoms with Crippen LogP contribution in [-0.2, 0) is 9.53 Å². The van der Waals surface area contributed by atoms with Gasteiger partial charge < -0.3 is 14.8 Å². The standard InChI is InChI=1S/C16H22N2O6/c1-10(2)13(17-15(20)24-16(3,4)5)14(19)23-12-8-6-11(7-9-12)18(21)22/h6-10,13H,1-5H3,(H,17,20)/t13-/m0/s1. The van der Waals surface area contributed by atoms with Crippen molar-refractivity contribution in [3.8, 4) is 5.75 Å². The van der Waals surface area contributed by atoms with E-state index in [1.165, 1.54) is 24.3 Å². The molecule has 0 radical (unpaired) electrons. The van der Waals surface area contributed by atoms with Crippen LogP contribution < -0.4 is 10.1 Å². The lowest BCUT2D eigenvalue weighted by Gasteiger charge is -2.24. The number of non-ortho nitro benzene ring substituents is 1. The summed E-state index contributed by atoms with van der Waals surface area (Å²) >= 11 is 0. The molecule has 0 unspecified atom stereocenters. The Morgan fingerprint density at radius 3 is 2.12 bits per heavy atom. The van der Waals surface area contributed by atoms with Gasteiger partial charge in [-0.2, -0.15) is 0 Å². The van der Waals surface area contributed by atoms with E-state index in [0.29, 0.717) is 0 Å². The fourth-order valence-electron chi connectivity index (χ4n) is 1.75. The number of amides is 1. The minimum atomic E-state index is -0.907. The Hall–Kier alpha value is -2.64. The average molecular weight is 338 g/mol. The van der Waals surface area contributed by atoms with Crippen molar-refractivity contribution in [3.05, 3.63) is 34.4 Å². The molecule has 0 aliphatic heterocycles. The molecule has 0 saturated heterocycles. The average Bonchev–Trinajstić information content (AvgIpc) is 2.43. The summed E-state index contributed by atoms with van der Waals surface area (Å²) in [6.45, 7) is 8.64. The second-order valence-electron chi connectivity index (χ2n) is 6.54. The van der Waals surface area contributed by atoms with Gasteiger partial charge in [-0.3, -0.25) is 10.1 Å². The summed E-state index contributed by atoms with van der Waals surface area (Å²) in [5.74, 6) is -0.755. The van der Waals surface area contributed by atoms with E-state index in [4.69, 9.17) is 9.47 Å². The number of ether oxygens (including phenoxy) is 2. The Morgan fingerprint density at radius 2 is 1.71 bits per heavy atom. The van der Waals surface area contributed by atoms with E-state index in [-0.39, 0.29) is 17.4 Å². The van der Waals surface area contributed by atoms with Crippen LogP contribution >= 0.6 is 0 Å². The van der Waals surface area contributed by atoms with E-state index < -0.39 is 28.6 Å². The molecule has 1 aromatic rings. The zero-order valence-corrected chi connectivity index (χ0v) is 14.4. The van der Waals surface area contributed by atoms with Gasteiger partial charge >= 0.3 is 12.1 Å². The predicted molar refractivity (Wildman–Crippen MR) is 86.7 cm³/mol. The van der Waals surface area contributed by atoms with Gasteiger partial charge in [-0.1, -0.05) is 13.8 Å². The van der Waals surface area contributed by atoms with Gasteiger partial charge in [-0.05, 0) is 38.8 Å². The molecule has 0 heterocycles. The van der Waals surface area contributed by atoms with Crippen LogP contribution in [0.5, 0.6) is 5.75 Å². The van der Waals surface area contributed by atoms with Gasteiger partial charge in [-0.25, -0.2) is 9.59 Å². The van der Waals surface area contributed by atoms with Gasteiger partial charge in [0, 0.05) is 12.1 Å². The maximum atomic E-state index is 12.2. The summed E-state index contributed by atoms with van der Waals surface area (Å²) in [5.41, 5.74) is -0.796. The topological polar surface area (TPSA) is 108 Å². The first-order valence-electron chi connectivity index (χ1n) is 7.45. The molecule has 8 nitrogen and oxygen atoms in total. The number of carbonyl (C=O) groups excluding carboxylic acids is 2. The number of hydrogen-bond acceptors (Lipinski definition) is 6. The van der Waals surface area contributed by atoms with Crippen LogP contribution in [0.3, 0.4) is 0 Å². The second kappa shape index (κ2) is 7.76. The van der Waals surface area contributed by atoms with E-state index in [1.54, 1.807) is 34.6 Å². The molecule has 8 heteroatoms. The van der Waals surface area contributed by atoms with Crippen molar-refractivity contribution in [3.63, 3.8) is 0 Å². The third-order valence-electron chi connectivity index (χ3n) is 2.86. The molecule has 1 rings (SSSR count). The summed E-state index contributed by atoms with van der Waals surface area (Å²) in [5, 5.41) is 13.1. The molecule has 0 spiro atoms. The number of nitro benzene ring substituents is 1. The highest BCUT2D eigenvalue weighted by atomic mass is 16.6. The van der Waals surface area contributed by atoms with E-state index in [2.05, 4.69) is 5.32 Å². The SMILES string of the molecule is CC(C)[C@H](NC(=O)OC(C)(C)C)C(=O)Oc1ccc([N+](=O)[O-])cc1. The molecule has 0 fully saturated rings. The lowest BCUT2D eigenvalue weighted by Crippen LogP contribution is -2.48. The molecule has 1 aromatic carbocycles. The van der Waals surface area contributed by atoms with Crippen LogP contribution in [0.1, 0.15) is 34.6 Å². The van der Waals surface area contributed by atoms with E-state index >= 15 is 0 Å². The number of nitro groups is 1. The minimum absolute atomic E-state index is 0.109. The van der Waals surface area contributed by atoms with Gasteiger partial charge in [0.2, 0.25) is 0 Å². The van der Waals surface area contributed by atoms with E-state index in [1.807, 2.05) is 0 Å². The Bertz CT molecular complexity index is 604. The molecule has 0 saturated carbocycles. The largest absolute Gasteiger partial charge is 0.444 e. The molecular weight excluding hydrogens is 316 g/mol. The third kappa shape index (κ3) is 6.23. The Balaban J connectivity index is 2.76. The third-order valence-corrected chi connectivity index (χ3v) is 2.86.